The lowest BCUT2D eigenvalue weighted by atomic mass is 9.94. The lowest BCUT2D eigenvalue weighted by Gasteiger charge is -2.34. The molecule has 1 aromatic heterocycles. The van der Waals surface area contributed by atoms with Gasteiger partial charge in [0.25, 0.3) is 5.56 Å². The van der Waals surface area contributed by atoms with E-state index in [1.54, 1.807) is 22.8 Å². The van der Waals surface area contributed by atoms with Crippen LogP contribution in [0, 0.1) is 5.41 Å². The second kappa shape index (κ2) is 8.37. The highest BCUT2D eigenvalue weighted by Gasteiger charge is 2.44. The van der Waals surface area contributed by atoms with Crippen LogP contribution in [0.4, 0.5) is 11.5 Å². The number of aromatic nitrogens is 2. The first-order chi connectivity index (χ1) is 15.7. The number of halogens is 2. The van der Waals surface area contributed by atoms with Crippen molar-refractivity contribution in [1.82, 2.24) is 9.55 Å². The van der Waals surface area contributed by atoms with Gasteiger partial charge >= 0.3 is 5.97 Å². The van der Waals surface area contributed by atoms with Crippen LogP contribution in [-0.4, -0.2) is 45.1 Å². The molecule has 0 amide bonds. The molecule has 1 unspecified atom stereocenters. The van der Waals surface area contributed by atoms with Crippen molar-refractivity contribution in [2.24, 2.45) is 5.41 Å². The smallest absolute Gasteiger partial charge is 0.337 e. The van der Waals surface area contributed by atoms with E-state index in [1.807, 2.05) is 13.0 Å². The molecule has 2 aromatic rings. The number of aromatic carboxylic acids is 1. The molecular formula is C24H26Cl2N4O3. The maximum absolute atomic E-state index is 13.0. The molecule has 9 heteroatoms. The van der Waals surface area contributed by atoms with Gasteiger partial charge in [-0.2, -0.15) is 0 Å². The van der Waals surface area contributed by atoms with E-state index in [-0.39, 0.29) is 22.5 Å². The number of carbonyl (C=O) groups is 1. The van der Waals surface area contributed by atoms with E-state index < -0.39 is 5.97 Å². The van der Waals surface area contributed by atoms with Gasteiger partial charge in [0.1, 0.15) is 11.6 Å². The second-order valence-corrected chi connectivity index (χ2v) is 10.4. The van der Waals surface area contributed by atoms with E-state index in [9.17, 15) is 14.7 Å². The molecule has 2 aliphatic heterocycles. The molecule has 0 bridgehead atoms. The number of alkyl halides is 1. The fourth-order valence-corrected chi connectivity index (χ4v) is 5.35. The molecule has 3 heterocycles. The van der Waals surface area contributed by atoms with Crippen molar-refractivity contribution in [1.29, 1.82) is 0 Å². The van der Waals surface area contributed by atoms with Crippen molar-refractivity contribution >= 4 is 46.2 Å². The molecule has 1 spiro atoms. The first-order valence-electron chi connectivity index (χ1n) is 11.3. The SMILES string of the molecule is C[C@@H](Nc1ccc(Cl)cc1C(=O)O)C1=CC(Cl)Cn2c1nc(N1CCC3(CC1)CC3)cc2=O. The van der Waals surface area contributed by atoms with Crippen molar-refractivity contribution in [2.45, 2.75) is 50.6 Å². The summed E-state index contributed by atoms with van der Waals surface area (Å²) in [5, 5.41) is 12.8. The van der Waals surface area contributed by atoms with Crippen LogP contribution in [0.15, 0.2) is 35.1 Å². The first-order valence-corrected chi connectivity index (χ1v) is 12.1. The summed E-state index contributed by atoms with van der Waals surface area (Å²) in [6.45, 7) is 4.08. The van der Waals surface area contributed by atoms with Crippen LogP contribution in [0.2, 0.25) is 5.02 Å². The summed E-state index contributed by atoms with van der Waals surface area (Å²) in [5.41, 5.74) is 1.70. The molecule has 2 atom stereocenters. The average molecular weight is 489 g/mol. The Kier molecular flexibility index (Phi) is 5.65. The normalized spacial score (nSPS) is 21.8. The monoisotopic (exact) mass is 488 g/mol. The number of anilines is 2. The Balaban J connectivity index is 1.46. The molecule has 7 nitrogen and oxygen atoms in total. The third-order valence-electron chi connectivity index (χ3n) is 7.13. The molecule has 1 saturated heterocycles. The molecule has 0 radical (unpaired) electrons. The molecule has 2 N–H and O–H groups in total. The number of benzene rings is 1. The van der Waals surface area contributed by atoms with Crippen molar-refractivity contribution < 1.29 is 9.90 Å². The van der Waals surface area contributed by atoms with Crippen LogP contribution in [0.5, 0.6) is 0 Å². The van der Waals surface area contributed by atoms with Crippen LogP contribution in [0.25, 0.3) is 5.57 Å². The highest BCUT2D eigenvalue weighted by molar-refractivity contribution is 6.31. The molecule has 1 saturated carbocycles. The minimum Gasteiger partial charge on any atom is -0.478 e. The summed E-state index contributed by atoms with van der Waals surface area (Å²) in [6, 6.07) is 5.97. The van der Waals surface area contributed by atoms with Crippen molar-refractivity contribution in [3.8, 4) is 0 Å². The summed E-state index contributed by atoms with van der Waals surface area (Å²) in [6.07, 6.45) is 6.82. The van der Waals surface area contributed by atoms with Gasteiger partial charge in [0.15, 0.2) is 0 Å². The minimum absolute atomic E-state index is 0.0783. The van der Waals surface area contributed by atoms with Gasteiger partial charge in [0.05, 0.1) is 17.0 Å². The third kappa shape index (κ3) is 4.36. The average Bonchev–Trinajstić information content (AvgIpc) is 3.54. The lowest BCUT2D eigenvalue weighted by molar-refractivity contribution is 0.0698. The quantitative estimate of drug-likeness (QED) is 0.603. The van der Waals surface area contributed by atoms with E-state index in [1.165, 1.54) is 18.9 Å². The number of fused-ring (bicyclic) bond motifs is 1. The maximum atomic E-state index is 13.0. The van der Waals surface area contributed by atoms with Gasteiger partial charge in [-0.1, -0.05) is 17.7 Å². The molecule has 3 aliphatic rings. The van der Waals surface area contributed by atoms with E-state index >= 15 is 0 Å². The van der Waals surface area contributed by atoms with Crippen LogP contribution in [0.1, 0.15) is 48.8 Å². The summed E-state index contributed by atoms with van der Waals surface area (Å²) in [5.74, 6) is 0.202. The second-order valence-electron chi connectivity index (χ2n) is 9.37. The molecule has 5 rings (SSSR count). The number of nitrogens with zero attached hydrogens (tertiary/aromatic N) is 3. The zero-order chi connectivity index (χ0) is 23.3. The largest absolute Gasteiger partial charge is 0.478 e. The number of allylic oxidation sites excluding steroid dienone is 1. The predicted molar refractivity (Wildman–Crippen MR) is 131 cm³/mol. The summed E-state index contributed by atoms with van der Waals surface area (Å²) in [4.78, 5) is 31.8. The Morgan fingerprint density at radius 1 is 1.24 bits per heavy atom. The Hall–Kier alpha value is -2.51. The number of hydrogen-bond donors (Lipinski definition) is 2. The minimum atomic E-state index is -1.07. The number of piperidine rings is 1. The molecular weight excluding hydrogens is 463 g/mol. The maximum Gasteiger partial charge on any atom is 0.337 e. The zero-order valence-corrected chi connectivity index (χ0v) is 19.9. The number of carboxylic acids is 1. The highest BCUT2D eigenvalue weighted by Crippen LogP contribution is 2.53. The Morgan fingerprint density at radius 3 is 2.64 bits per heavy atom. The summed E-state index contributed by atoms with van der Waals surface area (Å²) < 4.78 is 1.61. The van der Waals surface area contributed by atoms with Crippen molar-refractivity contribution in [3.05, 3.63) is 57.1 Å². The molecule has 1 aliphatic carbocycles. The lowest BCUT2D eigenvalue weighted by Crippen LogP contribution is -2.39. The van der Waals surface area contributed by atoms with Gasteiger partial charge in [-0.15, -0.1) is 11.6 Å². The zero-order valence-electron chi connectivity index (χ0n) is 18.4. The van der Waals surface area contributed by atoms with E-state index in [0.717, 1.165) is 31.5 Å². The fourth-order valence-electron chi connectivity index (χ4n) is 4.90. The van der Waals surface area contributed by atoms with Crippen molar-refractivity contribution in [2.75, 3.05) is 23.3 Å². The van der Waals surface area contributed by atoms with E-state index in [4.69, 9.17) is 28.2 Å². The van der Waals surface area contributed by atoms with Crippen molar-refractivity contribution in [3.63, 3.8) is 0 Å². The van der Waals surface area contributed by atoms with Crippen LogP contribution in [-0.2, 0) is 6.54 Å². The van der Waals surface area contributed by atoms with Crippen LogP contribution >= 0.6 is 23.2 Å². The molecule has 1 aromatic carbocycles. The fraction of sp³-hybridized carbons (Fsp3) is 0.458. The van der Waals surface area contributed by atoms with Gasteiger partial charge in [-0.05, 0) is 56.2 Å². The van der Waals surface area contributed by atoms with Gasteiger partial charge < -0.3 is 15.3 Å². The van der Waals surface area contributed by atoms with E-state index in [0.29, 0.717) is 34.3 Å². The van der Waals surface area contributed by atoms with Crippen LogP contribution < -0.4 is 15.8 Å². The Labute approximate surface area is 202 Å². The number of hydrogen-bond acceptors (Lipinski definition) is 5. The topological polar surface area (TPSA) is 87.5 Å². The molecule has 33 heavy (non-hydrogen) atoms. The predicted octanol–water partition coefficient (Wildman–Crippen LogP) is 4.48. The van der Waals surface area contributed by atoms with Gasteiger partial charge in [0, 0.05) is 42.0 Å². The van der Waals surface area contributed by atoms with Crippen LogP contribution in [0.3, 0.4) is 0 Å². The third-order valence-corrected chi connectivity index (χ3v) is 7.63. The Morgan fingerprint density at radius 2 is 1.97 bits per heavy atom. The van der Waals surface area contributed by atoms with Gasteiger partial charge in [0.2, 0.25) is 0 Å². The molecule has 2 fully saturated rings. The summed E-state index contributed by atoms with van der Waals surface area (Å²) >= 11 is 12.5. The summed E-state index contributed by atoms with van der Waals surface area (Å²) in [7, 11) is 0. The molecule has 174 valence electrons. The number of carboxylic acid groups (broad SMARTS) is 1. The first kappa shape index (κ1) is 22.3. The van der Waals surface area contributed by atoms with E-state index in [2.05, 4.69) is 10.2 Å². The number of nitrogens with one attached hydrogen (secondary N) is 1. The highest BCUT2D eigenvalue weighted by atomic mass is 35.5. The number of rotatable bonds is 5. The van der Waals surface area contributed by atoms with Gasteiger partial charge in [-0.3, -0.25) is 9.36 Å². The van der Waals surface area contributed by atoms with Gasteiger partial charge in [-0.25, -0.2) is 9.78 Å². The Bertz CT molecular complexity index is 1190. The standard InChI is InChI=1S/C24H26Cl2N4O3/c1-14(27-19-3-2-15(25)10-18(19)23(32)33)17-11-16(26)13-30-21(31)12-20(28-22(17)30)29-8-6-24(4-5-24)7-9-29/h2-3,10-12,14,16,27H,4-9,13H2,1H3,(H,32,33)/t14-,16?/m1/s1.